The molecule has 3 amide bonds. The highest BCUT2D eigenvalue weighted by molar-refractivity contribution is 6.14. The molecule has 1 saturated heterocycles. The number of urea groups is 1. The molecule has 1 saturated carbocycles. The Bertz CT molecular complexity index is 1370. The summed E-state index contributed by atoms with van der Waals surface area (Å²) in [5.74, 6) is -0.0401. The van der Waals surface area contributed by atoms with E-state index in [0.717, 1.165) is 24.5 Å². The molecule has 1 aromatic carbocycles. The standard InChI is InChI=1S/C21H17FN8O2/c1-10-17(26-15-5-2-11(8-23)6-14(15)22)28-19-12(7-16-20(31)29-21(32)27-16)9-24-30(19)18(10)25-13-3-4-13/h2,5-7,9,13,25H,3-4H2,1H3,(H,26,28)(H2,27,29,31,32)/b16-7-. The molecule has 10 nitrogen and oxygen atoms in total. The minimum absolute atomic E-state index is 0.0802. The first-order chi connectivity index (χ1) is 15.4. The predicted molar refractivity (Wildman–Crippen MR) is 113 cm³/mol. The molecule has 3 heterocycles. The third-order valence-corrected chi connectivity index (χ3v) is 5.20. The van der Waals surface area contributed by atoms with E-state index in [4.69, 9.17) is 5.26 Å². The average molecular weight is 432 g/mol. The Labute approximate surface area is 181 Å². The van der Waals surface area contributed by atoms with Gasteiger partial charge in [0.2, 0.25) is 0 Å². The average Bonchev–Trinajstić information content (AvgIpc) is 3.42. The van der Waals surface area contributed by atoms with E-state index in [1.807, 2.05) is 13.0 Å². The zero-order chi connectivity index (χ0) is 22.4. The van der Waals surface area contributed by atoms with Crippen LogP contribution in [0.15, 0.2) is 30.1 Å². The molecule has 4 N–H and O–H groups in total. The highest BCUT2D eigenvalue weighted by Gasteiger charge is 2.26. The SMILES string of the molecule is Cc1c(Nc2ccc(C#N)cc2F)nc2c(/C=C3\NC(=O)NC3=O)cnn2c1NC1CC1. The van der Waals surface area contributed by atoms with Gasteiger partial charge in [-0.25, -0.2) is 14.2 Å². The fourth-order valence-electron chi connectivity index (χ4n) is 3.36. The summed E-state index contributed by atoms with van der Waals surface area (Å²) in [4.78, 5) is 28.0. The van der Waals surface area contributed by atoms with E-state index in [2.05, 4.69) is 31.3 Å². The van der Waals surface area contributed by atoms with Gasteiger partial charge in [0, 0.05) is 17.2 Å². The number of fused-ring (bicyclic) bond motifs is 1. The Morgan fingerprint density at radius 2 is 2.12 bits per heavy atom. The monoisotopic (exact) mass is 432 g/mol. The molecule has 11 heteroatoms. The number of imide groups is 1. The van der Waals surface area contributed by atoms with Crippen LogP contribution in [-0.2, 0) is 4.79 Å². The van der Waals surface area contributed by atoms with Gasteiger partial charge < -0.3 is 16.0 Å². The lowest BCUT2D eigenvalue weighted by Gasteiger charge is -2.16. The van der Waals surface area contributed by atoms with Crippen molar-refractivity contribution in [1.29, 1.82) is 5.26 Å². The van der Waals surface area contributed by atoms with Crippen molar-refractivity contribution in [2.24, 2.45) is 0 Å². The van der Waals surface area contributed by atoms with Gasteiger partial charge in [-0.2, -0.15) is 14.9 Å². The van der Waals surface area contributed by atoms with E-state index in [1.54, 1.807) is 4.52 Å². The lowest BCUT2D eigenvalue weighted by molar-refractivity contribution is -0.115. The third-order valence-electron chi connectivity index (χ3n) is 5.20. The molecule has 32 heavy (non-hydrogen) atoms. The number of hydrogen-bond acceptors (Lipinski definition) is 7. The number of nitrogens with one attached hydrogen (secondary N) is 4. The number of carbonyl (C=O) groups is 2. The van der Waals surface area contributed by atoms with Gasteiger partial charge in [-0.1, -0.05) is 0 Å². The molecule has 0 radical (unpaired) electrons. The van der Waals surface area contributed by atoms with Crippen LogP contribution in [0.4, 0.5) is 26.5 Å². The molecule has 0 atom stereocenters. The quantitative estimate of drug-likeness (QED) is 0.359. The smallest absolute Gasteiger partial charge is 0.326 e. The number of halogens is 1. The van der Waals surface area contributed by atoms with E-state index in [1.165, 1.54) is 24.4 Å². The van der Waals surface area contributed by atoms with E-state index < -0.39 is 17.8 Å². The third kappa shape index (κ3) is 3.47. The number of carbonyl (C=O) groups excluding carboxylic acids is 2. The number of nitriles is 1. The van der Waals surface area contributed by atoms with Crippen LogP contribution in [0.3, 0.4) is 0 Å². The van der Waals surface area contributed by atoms with Crippen LogP contribution < -0.4 is 21.3 Å². The summed E-state index contributed by atoms with van der Waals surface area (Å²) in [6, 6.07) is 5.75. The number of rotatable bonds is 5. The molecule has 0 spiro atoms. The first kappa shape index (κ1) is 19.5. The number of aromatic nitrogens is 3. The van der Waals surface area contributed by atoms with E-state index in [9.17, 15) is 14.0 Å². The molecule has 2 fully saturated rings. The van der Waals surface area contributed by atoms with Crippen molar-refractivity contribution >= 4 is 41.0 Å². The van der Waals surface area contributed by atoms with Gasteiger partial charge in [0.25, 0.3) is 5.91 Å². The van der Waals surface area contributed by atoms with Gasteiger partial charge in [-0.15, -0.1) is 0 Å². The van der Waals surface area contributed by atoms with Crippen LogP contribution in [-0.4, -0.2) is 32.6 Å². The van der Waals surface area contributed by atoms with Crippen LogP contribution >= 0.6 is 0 Å². The number of nitrogens with zero attached hydrogens (tertiary/aromatic N) is 4. The van der Waals surface area contributed by atoms with Crippen molar-refractivity contribution in [1.82, 2.24) is 25.2 Å². The van der Waals surface area contributed by atoms with Gasteiger partial charge in [0.05, 0.1) is 23.5 Å². The fraction of sp³-hybridized carbons (Fsp3) is 0.190. The normalized spacial score (nSPS) is 16.7. The Hall–Kier alpha value is -4.46. The summed E-state index contributed by atoms with van der Waals surface area (Å²) in [7, 11) is 0. The zero-order valence-corrected chi connectivity index (χ0v) is 16.9. The first-order valence-corrected chi connectivity index (χ1v) is 9.88. The minimum atomic E-state index is -0.601. The lowest BCUT2D eigenvalue weighted by Crippen LogP contribution is -2.22. The molecule has 2 aromatic heterocycles. The topological polar surface area (TPSA) is 136 Å². The molecule has 0 bridgehead atoms. The molecule has 1 aliphatic carbocycles. The van der Waals surface area contributed by atoms with Crippen molar-refractivity contribution in [2.45, 2.75) is 25.8 Å². The highest BCUT2D eigenvalue weighted by Crippen LogP contribution is 2.32. The van der Waals surface area contributed by atoms with Gasteiger partial charge in [-0.3, -0.25) is 10.1 Å². The molecule has 0 unspecified atom stereocenters. The van der Waals surface area contributed by atoms with Gasteiger partial charge in [0.15, 0.2) is 5.65 Å². The second-order valence-electron chi connectivity index (χ2n) is 7.59. The number of anilines is 3. The van der Waals surface area contributed by atoms with Crippen LogP contribution in [0.25, 0.3) is 11.7 Å². The molecular weight excluding hydrogens is 415 g/mol. The number of benzene rings is 1. The summed E-state index contributed by atoms with van der Waals surface area (Å²) in [5.41, 5.74) is 2.10. The van der Waals surface area contributed by atoms with Crippen molar-refractivity contribution < 1.29 is 14.0 Å². The number of hydrogen-bond donors (Lipinski definition) is 4. The van der Waals surface area contributed by atoms with Gasteiger partial charge in [-0.05, 0) is 44.0 Å². The van der Waals surface area contributed by atoms with Gasteiger partial charge in [0.1, 0.15) is 23.1 Å². The summed E-state index contributed by atoms with van der Waals surface area (Å²) in [6.45, 7) is 1.84. The van der Waals surface area contributed by atoms with E-state index >= 15 is 0 Å². The maximum absolute atomic E-state index is 14.5. The number of amides is 3. The van der Waals surface area contributed by atoms with Crippen molar-refractivity contribution in [3.05, 3.63) is 52.6 Å². The first-order valence-electron chi connectivity index (χ1n) is 9.88. The van der Waals surface area contributed by atoms with Crippen LogP contribution in [0, 0.1) is 24.1 Å². The lowest BCUT2D eigenvalue weighted by atomic mass is 10.2. The minimum Gasteiger partial charge on any atom is -0.367 e. The van der Waals surface area contributed by atoms with E-state index in [-0.39, 0.29) is 16.9 Å². The zero-order valence-electron chi connectivity index (χ0n) is 16.9. The maximum Gasteiger partial charge on any atom is 0.326 e. The second-order valence-corrected chi connectivity index (χ2v) is 7.59. The van der Waals surface area contributed by atoms with Crippen molar-refractivity contribution in [3.63, 3.8) is 0 Å². The molecule has 5 rings (SSSR count). The molecule has 2 aliphatic rings. The largest absolute Gasteiger partial charge is 0.367 e. The summed E-state index contributed by atoms with van der Waals surface area (Å²) in [6.07, 6.45) is 5.08. The summed E-state index contributed by atoms with van der Waals surface area (Å²) < 4.78 is 16.1. The molecule has 1 aliphatic heterocycles. The van der Waals surface area contributed by atoms with Crippen LogP contribution in [0.1, 0.15) is 29.5 Å². The summed E-state index contributed by atoms with van der Waals surface area (Å²) >= 11 is 0. The Kier molecular flexibility index (Phi) is 4.48. The fourth-order valence-corrected chi connectivity index (χ4v) is 3.36. The summed E-state index contributed by atoms with van der Waals surface area (Å²) in [5, 5.41) is 24.4. The molecule has 160 valence electrons. The highest BCUT2D eigenvalue weighted by atomic mass is 19.1. The molecule has 3 aromatic rings. The Morgan fingerprint density at radius 3 is 2.78 bits per heavy atom. The Balaban J connectivity index is 1.62. The van der Waals surface area contributed by atoms with Crippen LogP contribution in [0.5, 0.6) is 0 Å². The van der Waals surface area contributed by atoms with Crippen molar-refractivity contribution in [2.75, 3.05) is 10.6 Å². The second kappa shape index (κ2) is 7.35. The van der Waals surface area contributed by atoms with Crippen molar-refractivity contribution in [3.8, 4) is 6.07 Å². The van der Waals surface area contributed by atoms with Gasteiger partial charge >= 0.3 is 6.03 Å². The predicted octanol–water partition coefficient (Wildman–Crippen LogP) is 2.55. The molecular formula is C21H17FN8O2. The van der Waals surface area contributed by atoms with E-state index in [0.29, 0.717) is 28.9 Å². The maximum atomic E-state index is 14.5. The van der Waals surface area contributed by atoms with Crippen LogP contribution in [0.2, 0.25) is 0 Å². The Morgan fingerprint density at radius 1 is 1.31 bits per heavy atom.